The van der Waals surface area contributed by atoms with E-state index in [2.05, 4.69) is 15.9 Å². The second-order valence-corrected chi connectivity index (χ2v) is 9.21. The number of carbonyl (C=O) groups excluding carboxylic acids is 1. The van der Waals surface area contributed by atoms with E-state index in [1.807, 2.05) is 24.3 Å². The van der Waals surface area contributed by atoms with Gasteiger partial charge in [-0.3, -0.25) is 4.79 Å². The van der Waals surface area contributed by atoms with Crippen LogP contribution < -0.4 is 10.0 Å². The van der Waals surface area contributed by atoms with Crippen molar-refractivity contribution in [3.05, 3.63) is 52.5 Å². The highest BCUT2D eigenvalue weighted by atomic mass is 79.9. The molecule has 0 aliphatic carbocycles. The van der Waals surface area contributed by atoms with Crippen molar-refractivity contribution in [2.75, 3.05) is 17.2 Å². The van der Waals surface area contributed by atoms with Crippen molar-refractivity contribution in [3.63, 3.8) is 0 Å². The molecule has 1 aliphatic rings. The molecular weight excluding hydrogens is 424 g/mol. The highest BCUT2D eigenvalue weighted by Crippen LogP contribution is 2.32. The first-order valence-corrected chi connectivity index (χ1v) is 11.0. The Morgan fingerprint density at radius 1 is 1.24 bits per heavy atom. The summed E-state index contributed by atoms with van der Waals surface area (Å²) in [6.45, 7) is 0.571. The predicted octanol–water partition coefficient (Wildman–Crippen LogP) is 3.17. The zero-order chi connectivity index (χ0) is 18.0. The summed E-state index contributed by atoms with van der Waals surface area (Å²) < 4.78 is 24.1. The van der Waals surface area contributed by atoms with Gasteiger partial charge in [0, 0.05) is 33.8 Å². The molecule has 5 nitrogen and oxygen atoms in total. The first kappa shape index (κ1) is 18.4. The highest BCUT2D eigenvalue weighted by Gasteiger charge is 2.26. The van der Waals surface area contributed by atoms with Gasteiger partial charge in [-0.25, -0.2) is 13.6 Å². The summed E-state index contributed by atoms with van der Waals surface area (Å²) >= 11 is 5.11. The molecular formula is C17H17BrN2O3S2. The summed E-state index contributed by atoms with van der Waals surface area (Å²) in [7, 11) is -3.78. The van der Waals surface area contributed by atoms with E-state index >= 15 is 0 Å². The normalized spacial score (nSPS) is 13.8. The monoisotopic (exact) mass is 440 g/mol. The number of sulfonamides is 1. The zero-order valence-electron chi connectivity index (χ0n) is 13.3. The van der Waals surface area contributed by atoms with E-state index in [4.69, 9.17) is 5.14 Å². The fraction of sp³-hybridized carbons (Fsp3) is 0.235. The number of nitrogens with zero attached hydrogens (tertiary/aromatic N) is 1. The van der Waals surface area contributed by atoms with Gasteiger partial charge in [-0.1, -0.05) is 18.2 Å². The molecule has 2 aromatic rings. The Kier molecular flexibility index (Phi) is 5.52. The Labute approximate surface area is 159 Å². The average molecular weight is 441 g/mol. The number of benzene rings is 2. The molecule has 0 saturated heterocycles. The van der Waals surface area contributed by atoms with Crippen LogP contribution in [0.3, 0.4) is 0 Å². The van der Waals surface area contributed by atoms with Gasteiger partial charge in [0.1, 0.15) is 0 Å². The largest absolute Gasteiger partial charge is 0.312 e. The van der Waals surface area contributed by atoms with Gasteiger partial charge >= 0.3 is 0 Å². The Balaban J connectivity index is 1.68. The number of nitrogens with two attached hydrogens (primary N) is 1. The maximum Gasteiger partial charge on any atom is 0.238 e. The summed E-state index contributed by atoms with van der Waals surface area (Å²) in [6.07, 6.45) is 1.11. The molecule has 0 fully saturated rings. The van der Waals surface area contributed by atoms with Gasteiger partial charge in [0.2, 0.25) is 15.9 Å². The van der Waals surface area contributed by atoms with Crippen LogP contribution in [0.15, 0.2) is 56.7 Å². The maximum atomic E-state index is 12.6. The van der Waals surface area contributed by atoms with Crippen molar-refractivity contribution in [2.45, 2.75) is 22.6 Å². The van der Waals surface area contributed by atoms with Crippen LogP contribution in [0, 0.1) is 0 Å². The lowest BCUT2D eigenvalue weighted by Gasteiger charge is -2.18. The zero-order valence-corrected chi connectivity index (χ0v) is 16.5. The molecule has 2 aromatic carbocycles. The van der Waals surface area contributed by atoms with Crippen LogP contribution in [-0.2, 0) is 21.2 Å². The van der Waals surface area contributed by atoms with Crippen molar-refractivity contribution in [3.8, 4) is 0 Å². The van der Waals surface area contributed by atoms with E-state index in [0.717, 1.165) is 21.4 Å². The van der Waals surface area contributed by atoms with E-state index in [1.54, 1.807) is 22.7 Å². The predicted molar refractivity (Wildman–Crippen MR) is 103 cm³/mol. The number of fused-ring (bicyclic) bond motifs is 1. The average Bonchev–Trinajstić information content (AvgIpc) is 2.99. The van der Waals surface area contributed by atoms with E-state index < -0.39 is 10.0 Å². The standard InChI is InChI=1S/C17H17BrN2O3S2/c18-14-3-1-2-4-16(14)24-10-8-17(21)20-9-7-12-5-6-13(11-15(12)20)25(19,22)23/h1-6,11H,7-10H2,(H2,19,22,23). The van der Waals surface area contributed by atoms with Crippen molar-refractivity contribution in [1.29, 1.82) is 0 Å². The number of amides is 1. The van der Waals surface area contributed by atoms with Crippen LogP contribution in [0.1, 0.15) is 12.0 Å². The van der Waals surface area contributed by atoms with Crippen LogP contribution in [-0.4, -0.2) is 26.6 Å². The molecule has 132 valence electrons. The van der Waals surface area contributed by atoms with E-state index in [1.165, 1.54) is 12.1 Å². The van der Waals surface area contributed by atoms with Crippen LogP contribution in [0.5, 0.6) is 0 Å². The van der Waals surface area contributed by atoms with Gasteiger partial charge in [-0.2, -0.15) is 0 Å². The summed E-state index contributed by atoms with van der Waals surface area (Å²) in [5.41, 5.74) is 1.63. The minimum absolute atomic E-state index is 0.00938. The van der Waals surface area contributed by atoms with E-state index in [-0.39, 0.29) is 10.8 Å². The number of primary sulfonamides is 1. The second-order valence-electron chi connectivity index (χ2n) is 5.66. The molecule has 2 N–H and O–H groups in total. The maximum absolute atomic E-state index is 12.6. The molecule has 1 amide bonds. The number of rotatable bonds is 5. The molecule has 0 atom stereocenters. The highest BCUT2D eigenvalue weighted by molar-refractivity contribution is 9.10. The fourth-order valence-electron chi connectivity index (χ4n) is 2.74. The van der Waals surface area contributed by atoms with Crippen molar-refractivity contribution < 1.29 is 13.2 Å². The molecule has 0 saturated carbocycles. The summed E-state index contributed by atoms with van der Waals surface area (Å²) in [4.78, 5) is 15.3. The molecule has 0 aromatic heterocycles. The van der Waals surface area contributed by atoms with Crippen LogP contribution in [0.2, 0.25) is 0 Å². The van der Waals surface area contributed by atoms with Crippen molar-refractivity contribution >= 4 is 49.3 Å². The Hall–Kier alpha value is -1.35. The lowest BCUT2D eigenvalue weighted by molar-refractivity contribution is -0.118. The lowest BCUT2D eigenvalue weighted by Crippen LogP contribution is -2.29. The molecule has 1 aliphatic heterocycles. The summed E-state index contributed by atoms with van der Waals surface area (Å²) in [5, 5.41) is 5.19. The third kappa shape index (κ3) is 4.25. The quantitative estimate of drug-likeness (QED) is 0.723. The lowest BCUT2D eigenvalue weighted by atomic mass is 10.2. The molecule has 25 heavy (non-hydrogen) atoms. The Bertz CT molecular complexity index is 916. The first-order valence-electron chi connectivity index (χ1n) is 7.69. The van der Waals surface area contributed by atoms with Crippen molar-refractivity contribution in [1.82, 2.24) is 0 Å². The third-order valence-electron chi connectivity index (χ3n) is 3.99. The van der Waals surface area contributed by atoms with Gasteiger partial charge in [0.15, 0.2) is 0 Å². The minimum Gasteiger partial charge on any atom is -0.312 e. The number of carbonyl (C=O) groups is 1. The van der Waals surface area contributed by atoms with Crippen LogP contribution >= 0.6 is 27.7 Å². The molecule has 0 spiro atoms. The summed E-state index contributed by atoms with van der Waals surface area (Å²) in [6, 6.07) is 12.6. The Morgan fingerprint density at radius 2 is 2.00 bits per heavy atom. The second kappa shape index (κ2) is 7.49. The fourth-order valence-corrected chi connectivity index (χ4v) is 4.78. The molecule has 3 rings (SSSR count). The van der Waals surface area contributed by atoms with Gasteiger partial charge in [-0.15, -0.1) is 11.8 Å². The van der Waals surface area contributed by atoms with Gasteiger partial charge < -0.3 is 4.90 Å². The smallest absolute Gasteiger partial charge is 0.238 e. The first-order chi connectivity index (χ1) is 11.9. The molecule has 8 heteroatoms. The van der Waals surface area contributed by atoms with Gasteiger partial charge in [0.25, 0.3) is 0 Å². The minimum atomic E-state index is -3.78. The summed E-state index contributed by atoms with van der Waals surface area (Å²) in [5.74, 6) is 0.646. The number of halogens is 1. The van der Waals surface area contributed by atoms with Gasteiger partial charge in [-0.05, 0) is 52.2 Å². The Morgan fingerprint density at radius 3 is 2.72 bits per heavy atom. The number of thioether (sulfide) groups is 1. The topological polar surface area (TPSA) is 80.5 Å². The van der Waals surface area contributed by atoms with Crippen LogP contribution in [0.25, 0.3) is 0 Å². The van der Waals surface area contributed by atoms with Crippen LogP contribution in [0.4, 0.5) is 5.69 Å². The number of hydrogen-bond acceptors (Lipinski definition) is 4. The molecule has 1 heterocycles. The van der Waals surface area contributed by atoms with E-state index in [0.29, 0.717) is 24.4 Å². The molecule has 0 bridgehead atoms. The number of hydrogen-bond donors (Lipinski definition) is 1. The SMILES string of the molecule is NS(=O)(=O)c1ccc2c(c1)N(C(=O)CCSc1ccccc1Br)CC2. The van der Waals surface area contributed by atoms with E-state index in [9.17, 15) is 13.2 Å². The molecule has 0 unspecified atom stereocenters. The third-order valence-corrected chi connectivity index (χ3v) is 6.93. The molecule has 0 radical (unpaired) electrons. The van der Waals surface area contributed by atoms with Gasteiger partial charge in [0.05, 0.1) is 4.90 Å². The van der Waals surface area contributed by atoms with Crippen molar-refractivity contribution in [2.24, 2.45) is 5.14 Å². The number of anilines is 1.